The van der Waals surface area contributed by atoms with Crippen LogP contribution in [0.1, 0.15) is 13.3 Å². The molecule has 0 amide bonds. The second-order valence-corrected chi connectivity index (χ2v) is 0.500. The zero-order chi connectivity index (χ0) is 4.71. The van der Waals surface area contributed by atoms with E-state index < -0.39 is 0 Å². The van der Waals surface area contributed by atoms with Gasteiger partial charge in [-0.15, -0.1) is 0 Å². The molecule has 1 nitrogen and oxygen atoms in total. The van der Waals surface area contributed by atoms with Crippen LogP contribution in [0.3, 0.4) is 0 Å². The second-order valence-electron chi connectivity index (χ2n) is 0.500. The third-order valence-corrected chi connectivity index (χ3v) is 0. The maximum Gasteiger partial charge on any atom is 1.00 e. The van der Waals surface area contributed by atoms with Crippen LogP contribution in [0.25, 0.3) is 0 Å². The van der Waals surface area contributed by atoms with Gasteiger partial charge in [-0.2, -0.15) is 6.42 Å². The van der Waals surface area contributed by atoms with Crippen LogP contribution in [0.5, 0.6) is 0 Å². The van der Waals surface area contributed by atoms with Crippen LogP contribution in [0, 0.1) is 6.92 Å². The molecule has 1 N–H and O–H groups in total. The minimum Gasteiger partial charge on any atom is -0.442 e. The van der Waals surface area contributed by atoms with E-state index in [-0.39, 0.29) is 51.4 Å². The van der Waals surface area contributed by atoms with E-state index in [1.54, 1.807) is 0 Å². The van der Waals surface area contributed by atoms with Crippen LogP contribution in [0.4, 0.5) is 0 Å². The topological polar surface area (TPSA) is 20.2 Å². The molecule has 0 fully saturated rings. The van der Waals surface area contributed by atoms with Crippen LogP contribution < -0.4 is 51.4 Å². The molecule has 0 aliphatic carbocycles. The minimum atomic E-state index is 0. The summed E-state index contributed by atoms with van der Waals surface area (Å²) in [6.07, 6.45) is 1.00. The molecule has 0 heterocycles. The summed E-state index contributed by atoms with van der Waals surface area (Å²) >= 11 is 0. The van der Waals surface area contributed by atoms with Crippen LogP contribution >= 0.6 is 0 Å². The van der Waals surface area contributed by atoms with Crippen LogP contribution in [-0.2, 0) is 0 Å². The van der Waals surface area contributed by atoms with Crippen molar-refractivity contribution in [3.8, 4) is 0 Å². The first-order chi connectivity index (χ1) is 2.41. The van der Waals surface area contributed by atoms with Gasteiger partial charge in [0.25, 0.3) is 0 Å². The fraction of sp³-hybridized carbons (Fsp3) is 0.667. The summed E-state index contributed by atoms with van der Waals surface area (Å²) in [6.45, 7) is 5.50. The van der Waals surface area contributed by atoms with E-state index in [9.17, 15) is 0 Å². The molecule has 0 aliphatic heterocycles. The molecule has 0 spiro atoms. The van der Waals surface area contributed by atoms with Gasteiger partial charge >= 0.3 is 51.4 Å². The van der Waals surface area contributed by atoms with Crippen molar-refractivity contribution in [3.63, 3.8) is 0 Å². The van der Waals surface area contributed by atoms with Gasteiger partial charge < -0.3 is 11.7 Å². The Morgan fingerprint density at radius 2 is 1.67 bits per heavy atom. The largest absolute Gasteiger partial charge is 1.00 e. The van der Waals surface area contributed by atoms with E-state index in [4.69, 9.17) is 4.80 Å². The van der Waals surface area contributed by atoms with E-state index in [1.807, 2.05) is 6.92 Å². The van der Waals surface area contributed by atoms with Crippen molar-refractivity contribution in [1.29, 1.82) is 0 Å². The molecular weight excluding hydrogens is 119 g/mol. The maximum atomic E-state index is 7.14. The zero-order valence-electron chi connectivity index (χ0n) is 4.86. The third kappa shape index (κ3) is 41.0. The molecule has 34 valence electrons. The van der Waals surface area contributed by atoms with Crippen molar-refractivity contribution in [2.24, 2.45) is 0 Å². The summed E-state index contributed by atoms with van der Waals surface area (Å²) in [6, 6.07) is 0. The molecule has 0 aromatic rings. The Morgan fingerprint density at radius 3 is 1.67 bits per heavy atom. The fourth-order valence-corrected chi connectivity index (χ4v) is 0. The van der Waals surface area contributed by atoms with Crippen molar-refractivity contribution in [2.45, 2.75) is 13.3 Å². The summed E-state index contributed by atoms with van der Waals surface area (Å²) in [4.78, 5) is 7.14. The average Bonchev–Trinajstić information content (AvgIpc) is 1.46. The third-order valence-electron chi connectivity index (χ3n) is 0. The summed E-state index contributed by atoms with van der Waals surface area (Å²) in [5, 5.41) is 0. The molecule has 6 heavy (non-hydrogen) atoms. The van der Waals surface area contributed by atoms with E-state index in [2.05, 4.69) is 6.92 Å². The molecule has 3 heteroatoms. The number of rotatable bonds is 0. The molecule has 0 aromatic carbocycles. The van der Waals surface area contributed by atoms with Crippen LogP contribution in [0.2, 0.25) is 0 Å². The molecule has 0 unspecified atom stereocenters. The Kier molecular flexibility index (Phi) is 75.9. The summed E-state index contributed by atoms with van der Waals surface area (Å²) < 4.78 is 0. The first kappa shape index (κ1) is 15.7. The number of hydrogen-bond donors (Lipinski definition) is 1. The Morgan fingerprint density at radius 1 is 1.67 bits per heavy atom. The van der Waals surface area contributed by atoms with Gasteiger partial charge in [-0.3, -0.25) is 0 Å². The SMILES string of the molecule is O[SiH3].[CH2-]CC.[K+]. The standard InChI is InChI=1S/C3H7.K.H4OSi/c1-3-2;;1-2/h1,3H2,2H3;;1H,2H3/q-1;+1;. The first-order valence-corrected chi connectivity index (χ1v) is 2.55. The van der Waals surface area contributed by atoms with Crippen molar-refractivity contribution in [2.75, 3.05) is 0 Å². The molecule has 0 rings (SSSR count). The summed E-state index contributed by atoms with van der Waals surface area (Å²) in [5.74, 6) is 0. The Bertz CT molecular complexity index is 10.8. The monoisotopic (exact) mass is 130 g/mol. The van der Waals surface area contributed by atoms with Gasteiger partial charge in [0.1, 0.15) is 10.5 Å². The minimum absolute atomic E-state index is 0. The van der Waals surface area contributed by atoms with Crippen LogP contribution in [-0.4, -0.2) is 15.3 Å². The second kappa shape index (κ2) is 29.1. The van der Waals surface area contributed by atoms with Crippen LogP contribution in [0.15, 0.2) is 0 Å². The van der Waals surface area contributed by atoms with Gasteiger partial charge in [-0.05, 0) is 0 Å². The van der Waals surface area contributed by atoms with Gasteiger partial charge in [-0.25, -0.2) is 0 Å². The van der Waals surface area contributed by atoms with Crippen molar-refractivity contribution < 1.29 is 56.2 Å². The normalized spacial score (nSPS) is 4.50. The zero-order valence-corrected chi connectivity index (χ0v) is 9.98. The molecule has 0 saturated carbocycles. The number of hydrogen-bond acceptors (Lipinski definition) is 1. The first-order valence-electron chi connectivity index (χ1n) is 1.65. The molecule has 0 aromatic heterocycles. The van der Waals surface area contributed by atoms with Crippen molar-refractivity contribution in [3.05, 3.63) is 6.92 Å². The molecule has 0 radical (unpaired) electrons. The molecular formula is C3H11KOSi. The van der Waals surface area contributed by atoms with Crippen molar-refractivity contribution >= 4 is 10.5 Å². The van der Waals surface area contributed by atoms with E-state index in [0.717, 1.165) is 6.42 Å². The smallest absolute Gasteiger partial charge is 0.442 e. The quantitative estimate of drug-likeness (QED) is 0.266. The Hall–Kier alpha value is 1.81. The predicted molar refractivity (Wildman–Crippen MR) is 27.8 cm³/mol. The Balaban J connectivity index is -0.0000000275. The molecule has 0 atom stereocenters. The summed E-state index contributed by atoms with van der Waals surface area (Å²) in [7, 11) is 0.306. The van der Waals surface area contributed by atoms with Gasteiger partial charge in [0, 0.05) is 0 Å². The van der Waals surface area contributed by atoms with E-state index in [0.29, 0.717) is 10.5 Å². The van der Waals surface area contributed by atoms with Crippen molar-refractivity contribution in [1.82, 2.24) is 0 Å². The molecule has 0 aliphatic rings. The van der Waals surface area contributed by atoms with E-state index >= 15 is 0 Å². The summed E-state index contributed by atoms with van der Waals surface area (Å²) in [5.41, 5.74) is 0. The Labute approximate surface area is 85.5 Å². The van der Waals surface area contributed by atoms with E-state index in [1.165, 1.54) is 0 Å². The molecule has 0 bridgehead atoms. The molecule has 0 saturated heterocycles. The fourth-order valence-electron chi connectivity index (χ4n) is 0. The van der Waals surface area contributed by atoms with Gasteiger partial charge in [0.05, 0.1) is 0 Å². The van der Waals surface area contributed by atoms with Gasteiger partial charge in [0.2, 0.25) is 0 Å². The van der Waals surface area contributed by atoms with Gasteiger partial charge in [-0.1, -0.05) is 6.92 Å². The average molecular weight is 130 g/mol. The maximum absolute atomic E-state index is 7.14. The van der Waals surface area contributed by atoms with Gasteiger partial charge in [0.15, 0.2) is 0 Å². The predicted octanol–water partition coefficient (Wildman–Crippen LogP) is -3.51.